The van der Waals surface area contributed by atoms with E-state index in [4.69, 9.17) is 0 Å². The van der Waals surface area contributed by atoms with Crippen molar-refractivity contribution in [3.8, 4) is 0 Å². The third kappa shape index (κ3) is 3.27. The molecule has 0 saturated heterocycles. The van der Waals surface area contributed by atoms with Crippen molar-refractivity contribution in [2.24, 2.45) is 5.41 Å². The first-order chi connectivity index (χ1) is 6.00. The molecule has 0 aliphatic carbocycles. The standard InChI is InChI=1S/C10H15NOS/c1-10(2,3)9(12)5-4-8-6-13-7-11-8/h6-7H,4-5H2,1-3H3. The van der Waals surface area contributed by atoms with E-state index in [1.54, 1.807) is 16.8 Å². The first-order valence-electron chi connectivity index (χ1n) is 4.40. The lowest BCUT2D eigenvalue weighted by atomic mass is 9.88. The maximum Gasteiger partial charge on any atom is 0.138 e. The summed E-state index contributed by atoms with van der Waals surface area (Å²) in [6, 6.07) is 0. The Morgan fingerprint density at radius 2 is 2.23 bits per heavy atom. The van der Waals surface area contributed by atoms with Gasteiger partial charge in [0, 0.05) is 17.2 Å². The van der Waals surface area contributed by atoms with Crippen molar-refractivity contribution in [3.05, 3.63) is 16.6 Å². The van der Waals surface area contributed by atoms with Gasteiger partial charge < -0.3 is 0 Å². The van der Waals surface area contributed by atoms with Crippen LogP contribution in [-0.2, 0) is 11.2 Å². The van der Waals surface area contributed by atoms with Gasteiger partial charge in [0.1, 0.15) is 5.78 Å². The second-order valence-corrected chi connectivity index (χ2v) is 4.87. The Kier molecular flexibility index (Phi) is 3.20. The Labute approximate surface area is 83.0 Å². The number of aryl methyl sites for hydroxylation is 1. The maximum atomic E-state index is 11.5. The quantitative estimate of drug-likeness (QED) is 0.745. The molecule has 0 spiro atoms. The minimum atomic E-state index is -0.212. The van der Waals surface area contributed by atoms with Gasteiger partial charge in [-0.05, 0) is 6.42 Å². The number of aromatic nitrogens is 1. The van der Waals surface area contributed by atoms with Crippen LogP contribution in [0.15, 0.2) is 10.9 Å². The number of nitrogens with zero attached hydrogens (tertiary/aromatic N) is 1. The van der Waals surface area contributed by atoms with E-state index < -0.39 is 0 Å². The number of ketones is 1. The van der Waals surface area contributed by atoms with Crippen LogP contribution < -0.4 is 0 Å². The predicted molar refractivity (Wildman–Crippen MR) is 54.9 cm³/mol. The highest BCUT2D eigenvalue weighted by Gasteiger charge is 2.20. The Hall–Kier alpha value is -0.700. The highest BCUT2D eigenvalue weighted by molar-refractivity contribution is 7.07. The molecule has 0 fully saturated rings. The molecule has 3 heteroatoms. The SMILES string of the molecule is CC(C)(C)C(=O)CCc1cscn1. The number of thiazole rings is 1. The molecule has 13 heavy (non-hydrogen) atoms. The van der Waals surface area contributed by atoms with Crippen LogP contribution in [0, 0.1) is 5.41 Å². The third-order valence-electron chi connectivity index (χ3n) is 1.93. The number of carbonyl (C=O) groups is 1. The topological polar surface area (TPSA) is 30.0 Å². The van der Waals surface area contributed by atoms with Crippen molar-refractivity contribution >= 4 is 17.1 Å². The molecule has 0 aliphatic rings. The van der Waals surface area contributed by atoms with Gasteiger partial charge in [0.15, 0.2) is 0 Å². The Morgan fingerprint density at radius 3 is 2.69 bits per heavy atom. The molecule has 0 bridgehead atoms. The summed E-state index contributed by atoms with van der Waals surface area (Å²) in [5, 5.41) is 2.00. The molecule has 0 N–H and O–H groups in total. The van der Waals surface area contributed by atoms with Crippen molar-refractivity contribution in [3.63, 3.8) is 0 Å². The normalized spacial score (nSPS) is 11.6. The number of carbonyl (C=O) groups excluding carboxylic acids is 1. The summed E-state index contributed by atoms with van der Waals surface area (Å²) in [6.07, 6.45) is 1.38. The second-order valence-electron chi connectivity index (χ2n) is 4.15. The van der Waals surface area contributed by atoms with Crippen LogP contribution in [0.4, 0.5) is 0 Å². The van der Waals surface area contributed by atoms with Crippen molar-refractivity contribution < 1.29 is 4.79 Å². The minimum Gasteiger partial charge on any atom is -0.299 e. The van der Waals surface area contributed by atoms with Crippen molar-refractivity contribution in [1.82, 2.24) is 4.98 Å². The summed E-state index contributed by atoms with van der Waals surface area (Å²) < 4.78 is 0. The summed E-state index contributed by atoms with van der Waals surface area (Å²) in [7, 11) is 0. The van der Waals surface area contributed by atoms with Gasteiger partial charge in [0.2, 0.25) is 0 Å². The van der Waals surface area contributed by atoms with E-state index in [0.29, 0.717) is 12.2 Å². The summed E-state index contributed by atoms with van der Waals surface area (Å²) in [6.45, 7) is 5.86. The maximum absolute atomic E-state index is 11.5. The molecule has 0 unspecified atom stereocenters. The summed E-state index contributed by atoms with van der Waals surface area (Å²) in [4.78, 5) is 15.7. The molecule has 0 amide bonds. The van der Waals surface area contributed by atoms with Crippen molar-refractivity contribution in [1.29, 1.82) is 0 Å². The average Bonchev–Trinajstić information content (AvgIpc) is 2.50. The molecule has 0 saturated carbocycles. The van der Waals surface area contributed by atoms with E-state index in [1.165, 1.54) is 0 Å². The summed E-state index contributed by atoms with van der Waals surface area (Å²) in [5.41, 5.74) is 2.62. The smallest absolute Gasteiger partial charge is 0.138 e. The molecule has 1 heterocycles. The lowest BCUT2D eigenvalue weighted by molar-refractivity contribution is -0.126. The molecule has 72 valence electrons. The molecular formula is C10H15NOS. The Balaban J connectivity index is 2.40. The first kappa shape index (κ1) is 10.4. The van der Waals surface area contributed by atoms with Crippen LogP contribution in [0.25, 0.3) is 0 Å². The average molecular weight is 197 g/mol. The van der Waals surface area contributed by atoms with E-state index >= 15 is 0 Å². The van der Waals surface area contributed by atoms with Gasteiger partial charge in [-0.2, -0.15) is 0 Å². The molecular weight excluding hydrogens is 182 g/mol. The lowest BCUT2D eigenvalue weighted by Gasteiger charge is -2.15. The fraction of sp³-hybridized carbons (Fsp3) is 0.600. The van der Waals surface area contributed by atoms with Crippen molar-refractivity contribution in [2.45, 2.75) is 33.6 Å². The zero-order chi connectivity index (χ0) is 9.90. The number of hydrogen-bond acceptors (Lipinski definition) is 3. The van der Waals surface area contributed by atoms with Crippen LogP contribution >= 0.6 is 11.3 Å². The van der Waals surface area contributed by atoms with Gasteiger partial charge in [-0.3, -0.25) is 4.79 Å². The molecule has 0 radical (unpaired) electrons. The van der Waals surface area contributed by atoms with Gasteiger partial charge in [-0.15, -0.1) is 11.3 Å². The number of hydrogen-bond donors (Lipinski definition) is 0. The van der Waals surface area contributed by atoms with Gasteiger partial charge in [0.25, 0.3) is 0 Å². The zero-order valence-electron chi connectivity index (χ0n) is 8.33. The largest absolute Gasteiger partial charge is 0.299 e. The predicted octanol–water partition coefficient (Wildman–Crippen LogP) is 2.69. The van der Waals surface area contributed by atoms with Crippen LogP contribution in [0.3, 0.4) is 0 Å². The Bertz CT molecular complexity index is 272. The Morgan fingerprint density at radius 1 is 1.54 bits per heavy atom. The molecule has 1 rings (SSSR count). The van der Waals surface area contributed by atoms with E-state index in [2.05, 4.69) is 4.98 Å². The van der Waals surface area contributed by atoms with Crippen LogP contribution in [0.2, 0.25) is 0 Å². The van der Waals surface area contributed by atoms with Gasteiger partial charge >= 0.3 is 0 Å². The molecule has 0 aromatic carbocycles. The monoisotopic (exact) mass is 197 g/mol. The number of Topliss-reactive ketones (excluding diaryl/α,β-unsaturated/α-hetero) is 1. The van der Waals surface area contributed by atoms with E-state index in [0.717, 1.165) is 12.1 Å². The molecule has 1 aromatic heterocycles. The molecule has 0 aliphatic heterocycles. The first-order valence-corrected chi connectivity index (χ1v) is 5.35. The van der Waals surface area contributed by atoms with Crippen molar-refractivity contribution in [2.75, 3.05) is 0 Å². The fourth-order valence-corrected chi connectivity index (χ4v) is 1.57. The summed E-state index contributed by atoms with van der Waals surface area (Å²) in [5.74, 6) is 0.306. The van der Waals surface area contributed by atoms with Crippen LogP contribution in [0.1, 0.15) is 32.9 Å². The van der Waals surface area contributed by atoms with Gasteiger partial charge in [0.05, 0.1) is 11.2 Å². The highest BCUT2D eigenvalue weighted by atomic mass is 32.1. The van der Waals surface area contributed by atoms with Gasteiger partial charge in [-0.25, -0.2) is 4.98 Å². The fourth-order valence-electron chi connectivity index (χ4n) is 0.978. The number of rotatable bonds is 3. The van der Waals surface area contributed by atoms with E-state index in [1.807, 2.05) is 26.2 Å². The van der Waals surface area contributed by atoms with Crippen LogP contribution in [0.5, 0.6) is 0 Å². The zero-order valence-corrected chi connectivity index (χ0v) is 9.15. The summed E-state index contributed by atoms with van der Waals surface area (Å²) >= 11 is 1.58. The molecule has 1 aromatic rings. The highest BCUT2D eigenvalue weighted by Crippen LogP contribution is 2.18. The third-order valence-corrected chi connectivity index (χ3v) is 2.56. The van der Waals surface area contributed by atoms with E-state index in [-0.39, 0.29) is 5.41 Å². The molecule has 0 atom stereocenters. The van der Waals surface area contributed by atoms with Crippen LogP contribution in [-0.4, -0.2) is 10.8 Å². The second kappa shape index (κ2) is 4.01. The van der Waals surface area contributed by atoms with E-state index in [9.17, 15) is 4.79 Å². The van der Waals surface area contributed by atoms with Gasteiger partial charge in [-0.1, -0.05) is 20.8 Å². The lowest BCUT2D eigenvalue weighted by Crippen LogP contribution is -2.20. The minimum absolute atomic E-state index is 0.212. The molecule has 2 nitrogen and oxygen atoms in total.